The molecule has 20 heavy (non-hydrogen) atoms. The van der Waals surface area contributed by atoms with Gasteiger partial charge in [-0.15, -0.1) is 0 Å². The minimum Gasteiger partial charge on any atom is -0.464 e. The van der Waals surface area contributed by atoms with Crippen LogP contribution in [-0.4, -0.2) is 38.1 Å². The predicted octanol–water partition coefficient (Wildman–Crippen LogP) is 3.97. The van der Waals surface area contributed by atoms with Crippen molar-refractivity contribution in [3.8, 4) is 0 Å². The summed E-state index contributed by atoms with van der Waals surface area (Å²) in [5, 5.41) is 0. The van der Waals surface area contributed by atoms with E-state index < -0.39 is 5.41 Å². The first-order valence-electron chi connectivity index (χ1n) is 7.92. The van der Waals surface area contributed by atoms with Crippen LogP contribution in [0.25, 0.3) is 0 Å². The molecule has 0 N–H and O–H groups in total. The van der Waals surface area contributed by atoms with Crippen LogP contribution in [0.15, 0.2) is 0 Å². The van der Waals surface area contributed by atoms with Crippen LogP contribution in [0.4, 0.5) is 0 Å². The van der Waals surface area contributed by atoms with Gasteiger partial charge in [0, 0.05) is 6.54 Å². The summed E-state index contributed by atoms with van der Waals surface area (Å²) in [6.07, 6.45) is 2.97. The molecule has 0 bridgehead atoms. The second-order valence-corrected chi connectivity index (χ2v) is 7.23. The molecule has 0 aliphatic heterocycles. The molecule has 0 amide bonds. The highest BCUT2D eigenvalue weighted by Crippen LogP contribution is 2.47. The molecular weight excluding hydrogens is 250 g/mol. The van der Waals surface area contributed by atoms with Gasteiger partial charge in [0.15, 0.2) is 0 Å². The molecule has 2 unspecified atom stereocenters. The van der Waals surface area contributed by atoms with Crippen molar-refractivity contribution in [1.29, 1.82) is 0 Å². The lowest BCUT2D eigenvalue weighted by Gasteiger charge is -2.43. The molecule has 120 valence electrons. The molecule has 0 rings (SSSR count). The van der Waals surface area contributed by atoms with Gasteiger partial charge in [-0.2, -0.15) is 0 Å². The average Bonchev–Trinajstić information content (AvgIpc) is 2.37. The van der Waals surface area contributed by atoms with Crippen molar-refractivity contribution in [3.05, 3.63) is 0 Å². The van der Waals surface area contributed by atoms with Gasteiger partial charge >= 0.3 is 5.97 Å². The van der Waals surface area contributed by atoms with Crippen LogP contribution in [0.2, 0.25) is 0 Å². The van der Waals surface area contributed by atoms with E-state index >= 15 is 0 Å². The number of hydrogen-bond donors (Lipinski definition) is 0. The molecule has 3 nitrogen and oxygen atoms in total. The van der Waals surface area contributed by atoms with Crippen molar-refractivity contribution in [1.82, 2.24) is 4.90 Å². The monoisotopic (exact) mass is 285 g/mol. The highest BCUT2D eigenvalue weighted by molar-refractivity contribution is 5.77. The van der Waals surface area contributed by atoms with Gasteiger partial charge in [-0.3, -0.25) is 4.79 Å². The van der Waals surface area contributed by atoms with Gasteiger partial charge in [-0.1, -0.05) is 41.0 Å². The van der Waals surface area contributed by atoms with Crippen molar-refractivity contribution in [2.24, 2.45) is 16.7 Å². The highest BCUT2D eigenvalue weighted by atomic mass is 16.5. The van der Waals surface area contributed by atoms with Gasteiger partial charge < -0.3 is 9.64 Å². The minimum absolute atomic E-state index is 0.0356. The van der Waals surface area contributed by atoms with E-state index in [1.807, 2.05) is 19.0 Å². The quantitative estimate of drug-likeness (QED) is 0.600. The molecule has 0 aliphatic rings. The van der Waals surface area contributed by atoms with Gasteiger partial charge in [0.05, 0.1) is 5.41 Å². The summed E-state index contributed by atoms with van der Waals surface area (Å²) in [6, 6.07) is 0. The summed E-state index contributed by atoms with van der Waals surface area (Å²) >= 11 is 0. The van der Waals surface area contributed by atoms with E-state index in [9.17, 15) is 4.79 Å². The van der Waals surface area contributed by atoms with Gasteiger partial charge in [0.1, 0.15) is 6.61 Å². The van der Waals surface area contributed by atoms with E-state index in [1.165, 1.54) is 0 Å². The summed E-state index contributed by atoms with van der Waals surface area (Å²) in [5.74, 6) is 0.499. The van der Waals surface area contributed by atoms with E-state index in [1.54, 1.807) is 0 Å². The molecule has 0 aliphatic carbocycles. The molecule has 0 saturated heterocycles. The van der Waals surface area contributed by atoms with Crippen molar-refractivity contribution >= 4 is 5.97 Å². The Labute approximate surface area is 126 Å². The van der Waals surface area contributed by atoms with Crippen LogP contribution in [0.3, 0.4) is 0 Å². The fourth-order valence-electron chi connectivity index (χ4n) is 2.35. The number of rotatable bonds is 9. The van der Waals surface area contributed by atoms with E-state index in [-0.39, 0.29) is 11.4 Å². The number of carbonyl (C=O) groups excluding carboxylic acids is 1. The lowest BCUT2D eigenvalue weighted by Crippen LogP contribution is -2.44. The Kier molecular flexibility index (Phi) is 7.79. The number of esters is 1. The zero-order valence-electron chi connectivity index (χ0n) is 14.9. The van der Waals surface area contributed by atoms with Gasteiger partial charge in [0.2, 0.25) is 0 Å². The van der Waals surface area contributed by atoms with E-state index in [2.05, 4.69) is 41.5 Å². The molecule has 0 radical (unpaired) electrons. The molecule has 3 heteroatoms. The van der Waals surface area contributed by atoms with Crippen LogP contribution in [0, 0.1) is 16.7 Å². The number of nitrogens with zero attached hydrogens (tertiary/aromatic N) is 1. The summed E-state index contributed by atoms with van der Waals surface area (Å²) in [5.41, 5.74) is -0.463. The first-order chi connectivity index (χ1) is 9.10. The zero-order valence-corrected chi connectivity index (χ0v) is 14.9. The number of likely N-dealkylation sites (N-methyl/N-ethyl adjacent to an activating group) is 1. The van der Waals surface area contributed by atoms with E-state index in [4.69, 9.17) is 4.74 Å². The molecular formula is C17H35NO2. The maximum atomic E-state index is 12.7. The Balaban J connectivity index is 4.97. The Morgan fingerprint density at radius 1 is 1.20 bits per heavy atom. The smallest absolute Gasteiger partial charge is 0.312 e. The maximum absolute atomic E-state index is 12.7. The summed E-state index contributed by atoms with van der Waals surface area (Å²) in [6.45, 7) is 14.3. The summed E-state index contributed by atoms with van der Waals surface area (Å²) < 4.78 is 5.57. The zero-order chi connectivity index (χ0) is 16.0. The first kappa shape index (κ1) is 19.4. The van der Waals surface area contributed by atoms with Gasteiger partial charge in [-0.25, -0.2) is 0 Å². The Bertz CT molecular complexity index is 299. The first-order valence-corrected chi connectivity index (χ1v) is 7.92. The number of carbonyl (C=O) groups is 1. The van der Waals surface area contributed by atoms with Crippen LogP contribution in [0.1, 0.15) is 60.8 Å². The fraction of sp³-hybridized carbons (Fsp3) is 0.941. The van der Waals surface area contributed by atoms with Crippen molar-refractivity contribution in [2.45, 2.75) is 60.8 Å². The normalized spacial score (nSPS) is 16.9. The predicted molar refractivity (Wildman–Crippen MR) is 85.8 cm³/mol. The Morgan fingerprint density at radius 2 is 1.75 bits per heavy atom. The fourth-order valence-corrected chi connectivity index (χ4v) is 2.35. The SMILES string of the molecule is CCC(C)CC(C)(C(=O)OCCN(C)C)C(C)(C)CC. The molecule has 0 saturated carbocycles. The molecule has 2 atom stereocenters. The van der Waals surface area contributed by atoms with Crippen molar-refractivity contribution in [3.63, 3.8) is 0 Å². The minimum atomic E-state index is -0.413. The van der Waals surface area contributed by atoms with E-state index in [0.717, 1.165) is 25.8 Å². The molecule has 0 spiro atoms. The average molecular weight is 285 g/mol. The summed E-state index contributed by atoms with van der Waals surface area (Å²) in [4.78, 5) is 14.7. The van der Waals surface area contributed by atoms with Crippen LogP contribution in [-0.2, 0) is 9.53 Å². The van der Waals surface area contributed by atoms with Crippen molar-refractivity contribution in [2.75, 3.05) is 27.2 Å². The van der Waals surface area contributed by atoms with Crippen molar-refractivity contribution < 1.29 is 9.53 Å². The lowest BCUT2D eigenvalue weighted by atomic mass is 9.61. The Morgan fingerprint density at radius 3 is 2.15 bits per heavy atom. The largest absolute Gasteiger partial charge is 0.464 e. The third kappa shape index (κ3) is 5.08. The molecule has 0 fully saturated rings. The topological polar surface area (TPSA) is 29.5 Å². The van der Waals surface area contributed by atoms with E-state index in [0.29, 0.717) is 12.5 Å². The van der Waals surface area contributed by atoms with Gasteiger partial charge in [0.25, 0.3) is 0 Å². The molecule has 0 aromatic carbocycles. The van der Waals surface area contributed by atoms with Gasteiger partial charge in [-0.05, 0) is 45.2 Å². The third-order valence-electron chi connectivity index (χ3n) is 5.05. The maximum Gasteiger partial charge on any atom is 0.312 e. The molecule has 0 aromatic rings. The summed E-state index contributed by atoms with van der Waals surface area (Å²) in [7, 11) is 3.98. The highest BCUT2D eigenvalue weighted by Gasteiger charge is 2.47. The molecule has 0 heterocycles. The van der Waals surface area contributed by atoms with Crippen LogP contribution in [0.5, 0.6) is 0 Å². The Hall–Kier alpha value is -0.570. The third-order valence-corrected chi connectivity index (χ3v) is 5.05. The van der Waals surface area contributed by atoms with Crippen LogP contribution >= 0.6 is 0 Å². The second kappa shape index (κ2) is 8.02. The second-order valence-electron chi connectivity index (χ2n) is 7.23. The number of hydrogen-bond acceptors (Lipinski definition) is 3. The number of ether oxygens (including phenoxy) is 1. The lowest BCUT2D eigenvalue weighted by molar-refractivity contribution is -0.165. The molecule has 0 aromatic heterocycles. The standard InChI is InChI=1S/C17H35NO2/c1-9-14(3)13-17(6,16(4,5)10-2)15(19)20-12-11-18(7)8/h14H,9-13H2,1-8H3. The van der Waals surface area contributed by atoms with Crippen LogP contribution < -0.4 is 0 Å².